The van der Waals surface area contributed by atoms with E-state index in [1.54, 1.807) is 6.92 Å². The Morgan fingerprint density at radius 2 is 0.910 bits per heavy atom. The van der Waals surface area contributed by atoms with Crippen LogP contribution in [0, 0.1) is 28.1 Å². The maximum absolute atomic E-state index is 14.9. The molecule has 5 heterocycles. The SMILES string of the molecule is C=C1C[C@@]23CCC4[C@](C)(C(=O)OC5OC(CO)C(O)C(O)C5OC5OC(CO)C(O)C(O)C5O)CCC[C@@]4(C)[C@@H]2CC[C@]1(OC1OC(CO)C(O)C(OC2OC(CO)C(O)C(O)C2O)C1OC1OC(CO)C(O)C(O)C1O)C3. The van der Waals surface area contributed by atoms with Gasteiger partial charge in [-0.15, -0.1) is 0 Å². The summed E-state index contributed by atoms with van der Waals surface area (Å²) in [5.74, 6) is -1.14. The van der Waals surface area contributed by atoms with Gasteiger partial charge in [0.25, 0.3) is 0 Å². The smallest absolute Gasteiger partial charge is 0.314 e. The molecule has 0 aromatic heterocycles. The van der Waals surface area contributed by atoms with E-state index in [0.717, 1.165) is 0 Å². The highest BCUT2D eigenvalue weighted by Gasteiger charge is 2.70. The fourth-order valence-electron chi connectivity index (χ4n) is 15.0. The number of aliphatic hydroxyl groups is 17. The topological polar surface area (TPSA) is 453 Å². The Labute approximate surface area is 448 Å². The number of aliphatic hydroxyl groups excluding tert-OH is 17. The fraction of sp³-hybridized carbons (Fsp3) is 0.940. The fourth-order valence-corrected chi connectivity index (χ4v) is 15.0. The Balaban J connectivity index is 0.968. The second-order valence-electron chi connectivity index (χ2n) is 23.6. The van der Waals surface area contributed by atoms with Gasteiger partial charge in [-0.05, 0) is 86.5 Å². The number of carbonyl (C=O) groups excluding carboxylic acids is 1. The second-order valence-corrected chi connectivity index (χ2v) is 23.6. The average molecular weight is 1130 g/mol. The van der Waals surface area contributed by atoms with Crippen molar-refractivity contribution in [3.05, 3.63) is 12.2 Å². The second kappa shape index (κ2) is 23.3. The predicted octanol–water partition coefficient (Wildman–Crippen LogP) is -7.29. The summed E-state index contributed by atoms with van der Waals surface area (Å²) >= 11 is 0. The van der Waals surface area contributed by atoms with Gasteiger partial charge in [-0.2, -0.15) is 0 Å². The molecule has 9 rings (SSSR count). The predicted molar refractivity (Wildman–Crippen MR) is 252 cm³/mol. The first-order valence-corrected chi connectivity index (χ1v) is 26.9. The van der Waals surface area contributed by atoms with Gasteiger partial charge in [0.15, 0.2) is 31.3 Å². The van der Waals surface area contributed by atoms with Crippen molar-refractivity contribution in [2.24, 2.45) is 28.1 Å². The number of hydrogen-bond acceptors (Lipinski definition) is 28. The Bertz CT molecular complexity index is 2070. The van der Waals surface area contributed by atoms with E-state index in [1.807, 2.05) is 0 Å². The summed E-state index contributed by atoms with van der Waals surface area (Å²) < 4.78 is 60.3. The van der Waals surface area contributed by atoms with Crippen LogP contribution in [0.4, 0.5) is 0 Å². The van der Waals surface area contributed by atoms with Crippen LogP contribution in [0.2, 0.25) is 0 Å². The summed E-state index contributed by atoms with van der Waals surface area (Å²) in [6.07, 6.45) is -39.9. The Hall–Kier alpha value is -1.83. The van der Waals surface area contributed by atoms with Gasteiger partial charge in [-0.1, -0.05) is 19.9 Å². The van der Waals surface area contributed by atoms with Crippen molar-refractivity contribution in [1.29, 1.82) is 0 Å². The monoisotopic (exact) mass is 1130 g/mol. The quantitative estimate of drug-likeness (QED) is 0.0411. The minimum absolute atomic E-state index is 0.0705. The normalized spacial score (nSPS) is 54.5. The van der Waals surface area contributed by atoms with E-state index in [4.69, 9.17) is 47.4 Å². The molecular formula is C50H80O28. The van der Waals surface area contributed by atoms with Gasteiger partial charge in [0.1, 0.15) is 116 Å². The van der Waals surface area contributed by atoms with Gasteiger partial charge in [-0.3, -0.25) is 4.79 Å². The van der Waals surface area contributed by atoms with E-state index in [0.29, 0.717) is 63.4 Å². The first-order valence-electron chi connectivity index (χ1n) is 26.9. The van der Waals surface area contributed by atoms with Gasteiger partial charge in [0.2, 0.25) is 6.29 Å². The number of carbonyl (C=O) groups is 1. The summed E-state index contributed by atoms with van der Waals surface area (Å²) in [4.78, 5) is 14.9. The lowest BCUT2D eigenvalue weighted by molar-refractivity contribution is -0.400. The molecule has 17 N–H and O–H groups in total. The summed E-state index contributed by atoms with van der Waals surface area (Å²) in [6, 6.07) is 0. The standard InChI is InChI=1S/C50H80O28/c1-18-11-49-9-5-24-47(2,7-4-8-48(24,3)46(68)77-44-39(34(64)29(59)22(15-54)72-44)75-42-36(66)32(62)27(57)20(13-52)70-42)25(49)6-10-50(18,17-49)78-45-40(76-43-37(67)33(63)28(58)21(14-53)71-43)38(30(60)23(16-55)73-45)74-41-35(65)31(61)26(56)19(12-51)69-41/h19-45,51-67H,1,4-17H2,2-3H3/t19?,20?,21?,22?,23?,24?,25-,26?,27?,28?,29?,30?,31?,32?,33?,34?,35?,36?,37?,38?,39?,40?,41?,42?,43?,44?,45?,47+,48+,49+,50-/m0/s1. The lowest BCUT2D eigenvalue weighted by Gasteiger charge is -2.64. The molecular weight excluding hydrogens is 1050 g/mol. The van der Waals surface area contributed by atoms with Gasteiger partial charge in [0, 0.05) is 0 Å². The zero-order chi connectivity index (χ0) is 56.7. The van der Waals surface area contributed by atoms with E-state index >= 15 is 0 Å². The molecule has 2 bridgehead atoms. The van der Waals surface area contributed by atoms with Crippen LogP contribution >= 0.6 is 0 Å². The Morgan fingerprint density at radius 3 is 1.41 bits per heavy atom. The zero-order valence-electron chi connectivity index (χ0n) is 43.3. The van der Waals surface area contributed by atoms with Crippen molar-refractivity contribution >= 4 is 5.97 Å². The van der Waals surface area contributed by atoms with Crippen LogP contribution < -0.4 is 0 Å². The number of esters is 1. The number of hydrogen-bond donors (Lipinski definition) is 17. The summed E-state index contributed by atoms with van der Waals surface area (Å²) in [5, 5.41) is 181. The third-order valence-electron chi connectivity index (χ3n) is 19.2. The van der Waals surface area contributed by atoms with Crippen LogP contribution in [0.5, 0.6) is 0 Å². The first kappa shape index (κ1) is 60.8. The largest absolute Gasteiger partial charge is 0.432 e. The van der Waals surface area contributed by atoms with Gasteiger partial charge in [-0.25, -0.2) is 0 Å². The Kier molecular flexibility index (Phi) is 18.2. The van der Waals surface area contributed by atoms with Crippen LogP contribution in [-0.2, 0) is 52.2 Å². The van der Waals surface area contributed by atoms with Crippen LogP contribution in [0.15, 0.2) is 12.2 Å². The van der Waals surface area contributed by atoms with Crippen molar-refractivity contribution < 1.29 is 139 Å². The van der Waals surface area contributed by atoms with E-state index in [2.05, 4.69) is 13.5 Å². The molecule has 78 heavy (non-hydrogen) atoms. The molecule has 5 aliphatic heterocycles. The molecule has 9 fully saturated rings. The molecule has 0 aromatic rings. The van der Waals surface area contributed by atoms with Crippen molar-refractivity contribution in [2.45, 2.75) is 231 Å². The molecule has 5 saturated heterocycles. The minimum atomic E-state index is -1.99. The minimum Gasteiger partial charge on any atom is -0.432 e. The third kappa shape index (κ3) is 10.3. The van der Waals surface area contributed by atoms with Gasteiger partial charge < -0.3 is 134 Å². The highest BCUT2D eigenvalue weighted by molar-refractivity contribution is 5.77. The van der Waals surface area contributed by atoms with E-state index in [-0.39, 0.29) is 11.8 Å². The van der Waals surface area contributed by atoms with Gasteiger partial charge >= 0.3 is 5.97 Å². The molecule has 4 aliphatic carbocycles. The molecule has 0 aromatic carbocycles. The van der Waals surface area contributed by atoms with Gasteiger partial charge in [0.05, 0.1) is 44.1 Å². The molecule has 28 heteroatoms. The average Bonchev–Trinajstić information content (AvgIpc) is 3.61. The summed E-state index contributed by atoms with van der Waals surface area (Å²) in [7, 11) is 0. The van der Waals surface area contributed by atoms with Crippen LogP contribution in [0.3, 0.4) is 0 Å². The van der Waals surface area contributed by atoms with Crippen LogP contribution in [0.25, 0.3) is 0 Å². The lowest BCUT2D eigenvalue weighted by Crippen LogP contribution is -2.68. The molecule has 0 amide bonds. The molecule has 0 radical (unpaired) electrons. The molecule has 9 aliphatic rings. The third-order valence-corrected chi connectivity index (χ3v) is 19.2. The maximum Gasteiger partial charge on any atom is 0.314 e. The Morgan fingerprint density at radius 1 is 0.487 bits per heavy atom. The van der Waals surface area contributed by atoms with Crippen molar-refractivity contribution in [1.82, 2.24) is 0 Å². The van der Waals surface area contributed by atoms with Crippen LogP contribution in [-0.4, -0.2) is 285 Å². The van der Waals surface area contributed by atoms with Crippen LogP contribution in [0.1, 0.15) is 71.6 Å². The van der Waals surface area contributed by atoms with E-state index in [9.17, 15) is 91.6 Å². The highest BCUT2D eigenvalue weighted by atomic mass is 16.8. The zero-order valence-corrected chi connectivity index (χ0v) is 43.3. The number of ether oxygens (including phenoxy) is 10. The lowest BCUT2D eigenvalue weighted by atomic mass is 9.41. The number of rotatable bonds is 15. The molecule has 31 atom stereocenters. The highest BCUT2D eigenvalue weighted by Crippen LogP contribution is 2.74. The van der Waals surface area contributed by atoms with Crippen molar-refractivity contribution in [3.8, 4) is 0 Å². The van der Waals surface area contributed by atoms with Crippen molar-refractivity contribution in [3.63, 3.8) is 0 Å². The maximum atomic E-state index is 14.9. The molecule has 4 saturated carbocycles. The van der Waals surface area contributed by atoms with Crippen molar-refractivity contribution in [2.75, 3.05) is 33.0 Å². The van der Waals surface area contributed by atoms with E-state index < -0.39 is 214 Å². The molecule has 448 valence electrons. The number of fused-ring (bicyclic) bond motifs is 3. The summed E-state index contributed by atoms with van der Waals surface area (Å²) in [6.45, 7) is 4.32. The molecule has 28 nitrogen and oxygen atoms in total. The first-order chi connectivity index (χ1) is 36.9. The van der Waals surface area contributed by atoms with E-state index in [1.165, 1.54) is 0 Å². The molecule has 1 spiro atoms. The summed E-state index contributed by atoms with van der Waals surface area (Å²) in [5.41, 5.74) is -2.81. The molecule has 26 unspecified atom stereocenters.